The second-order valence-corrected chi connectivity index (χ2v) is 6.33. The van der Waals surface area contributed by atoms with Crippen LogP contribution in [0, 0.1) is 5.92 Å². The molecule has 146 valence electrons. The molecule has 0 spiro atoms. The number of aromatic hydroxyl groups is 2. The van der Waals surface area contributed by atoms with Crippen LogP contribution in [0.25, 0.3) is 0 Å². The molecule has 1 aromatic rings. The molecule has 1 saturated heterocycles. The van der Waals surface area contributed by atoms with Crippen molar-refractivity contribution in [2.24, 2.45) is 5.92 Å². The van der Waals surface area contributed by atoms with E-state index in [9.17, 15) is 35.4 Å². The second-order valence-electron chi connectivity index (χ2n) is 6.33. The summed E-state index contributed by atoms with van der Waals surface area (Å²) in [5, 5.41) is 58.7. The van der Waals surface area contributed by atoms with Crippen molar-refractivity contribution in [3.8, 4) is 17.2 Å². The monoisotopic (exact) mass is 372 g/mol. The Morgan fingerprint density at radius 2 is 1.85 bits per heavy atom. The van der Waals surface area contributed by atoms with Crippen LogP contribution in [0.3, 0.4) is 0 Å². The van der Waals surface area contributed by atoms with E-state index in [1.807, 2.05) is 0 Å². The topological polar surface area (TPSA) is 157 Å². The van der Waals surface area contributed by atoms with Gasteiger partial charge in [-0.15, -0.1) is 0 Å². The van der Waals surface area contributed by atoms with Crippen LogP contribution in [0.1, 0.15) is 30.6 Å². The third-order valence-electron chi connectivity index (χ3n) is 4.46. The van der Waals surface area contributed by atoms with E-state index >= 15 is 0 Å². The molecule has 1 fully saturated rings. The van der Waals surface area contributed by atoms with E-state index in [1.165, 1.54) is 0 Å². The van der Waals surface area contributed by atoms with E-state index in [2.05, 4.69) is 0 Å². The summed E-state index contributed by atoms with van der Waals surface area (Å²) in [4.78, 5) is 12.5. The molecule has 0 aliphatic carbocycles. The third kappa shape index (κ3) is 3.92. The molecule has 26 heavy (non-hydrogen) atoms. The predicted octanol–water partition coefficient (Wildman–Crippen LogP) is -0.495. The zero-order chi connectivity index (χ0) is 19.6. The van der Waals surface area contributed by atoms with Crippen molar-refractivity contribution in [1.29, 1.82) is 0 Å². The summed E-state index contributed by atoms with van der Waals surface area (Å²) in [7, 11) is 0. The zero-order valence-electron chi connectivity index (χ0n) is 14.4. The number of ether oxygens (including phenoxy) is 2. The molecular weight excluding hydrogens is 348 g/mol. The van der Waals surface area contributed by atoms with Crippen molar-refractivity contribution in [2.75, 3.05) is 6.61 Å². The highest BCUT2D eigenvalue weighted by Gasteiger charge is 2.45. The predicted molar refractivity (Wildman–Crippen MR) is 88.0 cm³/mol. The lowest BCUT2D eigenvalue weighted by Gasteiger charge is -2.39. The van der Waals surface area contributed by atoms with E-state index in [4.69, 9.17) is 9.47 Å². The Morgan fingerprint density at radius 1 is 1.19 bits per heavy atom. The molecule has 6 atom stereocenters. The first-order chi connectivity index (χ1) is 12.2. The summed E-state index contributed by atoms with van der Waals surface area (Å²) in [6, 6.07) is 2.05. The number of hydrogen-bond acceptors (Lipinski definition) is 9. The van der Waals surface area contributed by atoms with Gasteiger partial charge in [-0.25, -0.2) is 0 Å². The molecule has 1 aliphatic rings. The normalized spacial score (nSPS) is 30.0. The van der Waals surface area contributed by atoms with Crippen molar-refractivity contribution in [2.45, 2.75) is 51.0 Å². The Bertz CT molecular complexity index is 645. The molecule has 0 bridgehead atoms. The van der Waals surface area contributed by atoms with Crippen molar-refractivity contribution in [3.05, 3.63) is 17.7 Å². The Kier molecular flexibility index (Phi) is 6.43. The lowest BCUT2D eigenvalue weighted by Crippen LogP contribution is -2.60. The molecule has 1 aromatic carbocycles. The molecule has 1 heterocycles. The summed E-state index contributed by atoms with van der Waals surface area (Å²) in [6.07, 6.45) is -7.16. The van der Waals surface area contributed by atoms with Gasteiger partial charge in [-0.3, -0.25) is 4.79 Å². The quantitative estimate of drug-likeness (QED) is 0.362. The first-order valence-electron chi connectivity index (χ1n) is 8.28. The maximum absolute atomic E-state index is 12.5. The van der Waals surface area contributed by atoms with Crippen LogP contribution in [-0.2, 0) is 4.74 Å². The van der Waals surface area contributed by atoms with Crippen molar-refractivity contribution >= 4 is 5.78 Å². The smallest absolute Gasteiger partial charge is 0.229 e. The minimum Gasteiger partial charge on any atom is -0.508 e. The van der Waals surface area contributed by atoms with Crippen LogP contribution in [0.2, 0.25) is 0 Å². The maximum atomic E-state index is 12.5. The van der Waals surface area contributed by atoms with Crippen LogP contribution in [-0.4, -0.2) is 73.7 Å². The molecule has 9 nitrogen and oxygen atoms in total. The Balaban J connectivity index is 2.37. The van der Waals surface area contributed by atoms with Crippen LogP contribution >= 0.6 is 0 Å². The molecule has 0 aromatic heterocycles. The number of rotatable bonds is 6. The largest absolute Gasteiger partial charge is 0.508 e. The highest BCUT2D eigenvalue weighted by atomic mass is 16.7. The molecule has 6 N–H and O–H groups in total. The minimum absolute atomic E-state index is 0.200. The number of carbonyl (C=O) groups is 1. The molecule has 0 saturated carbocycles. The Hall–Kier alpha value is -1.91. The van der Waals surface area contributed by atoms with Crippen LogP contribution in [0.4, 0.5) is 0 Å². The van der Waals surface area contributed by atoms with Crippen LogP contribution in [0.5, 0.6) is 17.2 Å². The van der Waals surface area contributed by atoms with Gasteiger partial charge in [0.2, 0.25) is 6.29 Å². The van der Waals surface area contributed by atoms with Gasteiger partial charge in [-0.2, -0.15) is 0 Å². The fourth-order valence-electron chi connectivity index (χ4n) is 2.65. The molecule has 9 heteroatoms. The highest BCUT2D eigenvalue weighted by molar-refractivity contribution is 6.02. The molecule has 0 radical (unpaired) electrons. The lowest BCUT2D eigenvalue weighted by atomic mass is 9.95. The fraction of sp³-hybridized carbons (Fsp3) is 0.588. The zero-order valence-corrected chi connectivity index (χ0v) is 14.4. The highest BCUT2D eigenvalue weighted by Crippen LogP contribution is 2.37. The maximum Gasteiger partial charge on any atom is 0.229 e. The summed E-state index contributed by atoms with van der Waals surface area (Å²) >= 11 is 0. The number of benzene rings is 1. The van der Waals surface area contributed by atoms with Gasteiger partial charge in [-0.05, 0) is 6.42 Å². The molecule has 2 rings (SSSR count). The van der Waals surface area contributed by atoms with Gasteiger partial charge < -0.3 is 40.1 Å². The standard InChI is InChI=1S/C17H24O9/c1-3-7(2)13(21)12-9(20)4-8(19)5-10(12)25-17-16(24)15(23)14(22)11(6-18)26-17/h4-5,7,11,14-20,22-24H,3,6H2,1-2H3/t7-,11-,14-,15+,16-,17-/m1/s1. The van der Waals surface area contributed by atoms with Crippen molar-refractivity contribution in [1.82, 2.24) is 0 Å². The number of aliphatic hydroxyl groups is 4. The van der Waals surface area contributed by atoms with Crippen LogP contribution < -0.4 is 4.74 Å². The minimum atomic E-state index is -1.69. The Morgan fingerprint density at radius 3 is 2.42 bits per heavy atom. The van der Waals surface area contributed by atoms with Gasteiger partial charge in [0.05, 0.1) is 6.61 Å². The third-order valence-corrected chi connectivity index (χ3v) is 4.46. The van der Waals surface area contributed by atoms with Gasteiger partial charge >= 0.3 is 0 Å². The number of Topliss-reactive ketones (excluding diaryl/α,β-unsaturated/α-hetero) is 1. The first-order valence-corrected chi connectivity index (χ1v) is 8.28. The van der Waals surface area contributed by atoms with Gasteiger partial charge in [0.15, 0.2) is 5.78 Å². The number of ketones is 1. The average molecular weight is 372 g/mol. The average Bonchev–Trinajstić information content (AvgIpc) is 2.60. The van der Waals surface area contributed by atoms with Crippen molar-refractivity contribution < 1.29 is 44.9 Å². The second kappa shape index (κ2) is 8.19. The van der Waals surface area contributed by atoms with E-state index in [0.717, 1.165) is 12.1 Å². The number of carbonyl (C=O) groups excluding carboxylic acids is 1. The van der Waals surface area contributed by atoms with Crippen LogP contribution in [0.15, 0.2) is 12.1 Å². The van der Waals surface area contributed by atoms with Gasteiger partial charge in [0, 0.05) is 18.1 Å². The van der Waals surface area contributed by atoms with Crippen molar-refractivity contribution in [3.63, 3.8) is 0 Å². The van der Waals surface area contributed by atoms with Gasteiger partial charge in [-0.1, -0.05) is 13.8 Å². The Labute approximate surface area is 150 Å². The number of hydrogen-bond donors (Lipinski definition) is 6. The molecule has 1 aliphatic heterocycles. The summed E-state index contributed by atoms with van der Waals surface area (Å²) in [5.74, 6) is -2.03. The molecule has 0 amide bonds. The molecule has 0 unspecified atom stereocenters. The lowest BCUT2D eigenvalue weighted by molar-refractivity contribution is -0.277. The van der Waals surface area contributed by atoms with E-state index in [-0.39, 0.29) is 17.1 Å². The number of phenols is 2. The summed E-state index contributed by atoms with van der Waals surface area (Å²) in [6.45, 7) is 2.80. The summed E-state index contributed by atoms with van der Waals surface area (Å²) in [5.41, 5.74) is -0.200. The van der Waals surface area contributed by atoms with E-state index in [1.54, 1.807) is 13.8 Å². The van der Waals surface area contributed by atoms with Gasteiger partial charge in [0.1, 0.15) is 47.2 Å². The van der Waals surface area contributed by atoms with Gasteiger partial charge in [0.25, 0.3) is 0 Å². The summed E-state index contributed by atoms with van der Waals surface area (Å²) < 4.78 is 10.7. The fourth-order valence-corrected chi connectivity index (χ4v) is 2.65. The van der Waals surface area contributed by atoms with E-state index in [0.29, 0.717) is 6.42 Å². The molecular formula is C17H24O9. The first kappa shape index (κ1) is 20.4. The number of aliphatic hydroxyl groups excluding tert-OH is 4. The SMILES string of the molecule is CC[C@@H](C)C(=O)c1c(O)cc(O)cc1O[C@@H]1O[C@H](CO)[C@@H](O)[C@H](O)[C@H]1O. The number of phenolic OH excluding ortho intramolecular Hbond substituents is 2. The van der Waals surface area contributed by atoms with E-state index < -0.39 is 54.8 Å².